The van der Waals surface area contributed by atoms with Crippen molar-refractivity contribution in [3.8, 4) is 5.75 Å². The van der Waals surface area contributed by atoms with Crippen LogP contribution in [-0.2, 0) is 6.61 Å². The van der Waals surface area contributed by atoms with Crippen molar-refractivity contribution < 1.29 is 9.66 Å². The first-order chi connectivity index (χ1) is 9.47. The maximum absolute atomic E-state index is 10.6. The van der Waals surface area contributed by atoms with Gasteiger partial charge in [0.1, 0.15) is 27.7 Å². The van der Waals surface area contributed by atoms with Crippen molar-refractivity contribution in [1.29, 1.82) is 0 Å². The summed E-state index contributed by atoms with van der Waals surface area (Å²) in [6.45, 7) is 0.150. The van der Waals surface area contributed by atoms with Gasteiger partial charge in [-0.15, -0.1) is 0 Å². The molecule has 0 radical (unpaired) electrons. The van der Waals surface area contributed by atoms with E-state index in [2.05, 4.69) is 4.98 Å². The van der Waals surface area contributed by atoms with Gasteiger partial charge in [0.15, 0.2) is 0 Å². The molecule has 1 aromatic carbocycles. The number of aromatic nitrogens is 1. The summed E-state index contributed by atoms with van der Waals surface area (Å²) >= 11 is 17.4. The third-order valence-electron chi connectivity index (χ3n) is 2.40. The summed E-state index contributed by atoms with van der Waals surface area (Å²) in [4.78, 5) is 13.9. The molecule has 2 aromatic rings. The van der Waals surface area contributed by atoms with E-state index in [1.807, 2.05) is 0 Å². The average Bonchev–Trinajstić information content (AvgIpc) is 2.37. The zero-order valence-electron chi connectivity index (χ0n) is 9.85. The molecule has 0 aliphatic rings. The topological polar surface area (TPSA) is 65.3 Å². The van der Waals surface area contributed by atoms with Crippen molar-refractivity contribution in [2.24, 2.45) is 0 Å². The maximum atomic E-state index is 10.6. The standard InChI is InChI=1S/C12H7Cl3N2O3/c13-9-5-8(2-3-10(9)17(18)19)20-6-7-1-4-11(14)16-12(7)15/h1-5H,6H2. The van der Waals surface area contributed by atoms with Gasteiger partial charge in [0, 0.05) is 17.7 Å². The summed E-state index contributed by atoms with van der Waals surface area (Å²) in [5, 5.41) is 11.2. The predicted octanol–water partition coefficient (Wildman–Crippen LogP) is 4.53. The van der Waals surface area contributed by atoms with Crippen molar-refractivity contribution in [3.63, 3.8) is 0 Å². The van der Waals surface area contributed by atoms with Gasteiger partial charge in [-0.05, 0) is 18.2 Å². The van der Waals surface area contributed by atoms with E-state index < -0.39 is 4.92 Å². The fraction of sp³-hybridized carbons (Fsp3) is 0.0833. The van der Waals surface area contributed by atoms with Crippen LogP contribution in [0.15, 0.2) is 30.3 Å². The highest BCUT2D eigenvalue weighted by atomic mass is 35.5. The van der Waals surface area contributed by atoms with Crippen LogP contribution < -0.4 is 4.74 Å². The molecule has 104 valence electrons. The average molecular weight is 334 g/mol. The van der Waals surface area contributed by atoms with Gasteiger partial charge >= 0.3 is 0 Å². The van der Waals surface area contributed by atoms with Crippen LogP contribution in [0.4, 0.5) is 5.69 Å². The number of nitro groups is 1. The molecule has 1 heterocycles. The lowest BCUT2D eigenvalue weighted by atomic mass is 10.3. The minimum absolute atomic E-state index is 0.00725. The van der Waals surface area contributed by atoms with Gasteiger partial charge in [0.25, 0.3) is 5.69 Å². The van der Waals surface area contributed by atoms with Gasteiger partial charge in [-0.25, -0.2) is 4.98 Å². The molecule has 0 N–H and O–H groups in total. The second kappa shape index (κ2) is 6.26. The van der Waals surface area contributed by atoms with Crippen LogP contribution in [0.1, 0.15) is 5.56 Å². The Kier molecular flexibility index (Phi) is 4.65. The molecular weight excluding hydrogens is 327 g/mol. The molecular formula is C12H7Cl3N2O3. The number of ether oxygens (including phenoxy) is 1. The molecule has 0 amide bonds. The lowest BCUT2D eigenvalue weighted by Crippen LogP contribution is -1.98. The first kappa shape index (κ1) is 14.8. The number of hydrogen-bond acceptors (Lipinski definition) is 4. The fourth-order valence-corrected chi connectivity index (χ4v) is 2.07. The predicted molar refractivity (Wildman–Crippen MR) is 76.7 cm³/mol. The van der Waals surface area contributed by atoms with Gasteiger partial charge in [-0.3, -0.25) is 10.1 Å². The summed E-state index contributed by atoms with van der Waals surface area (Å²) in [5.74, 6) is 0.395. The number of nitrogens with zero attached hydrogens (tertiary/aromatic N) is 2. The molecule has 0 aliphatic carbocycles. The summed E-state index contributed by atoms with van der Waals surface area (Å²) < 4.78 is 5.45. The van der Waals surface area contributed by atoms with E-state index in [1.165, 1.54) is 18.2 Å². The van der Waals surface area contributed by atoms with E-state index in [4.69, 9.17) is 39.5 Å². The minimum atomic E-state index is -0.563. The molecule has 0 bridgehead atoms. The second-order valence-electron chi connectivity index (χ2n) is 3.74. The van der Waals surface area contributed by atoms with E-state index in [0.717, 1.165) is 0 Å². The summed E-state index contributed by atoms with van der Waals surface area (Å²) in [5.41, 5.74) is 0.468. The molecule has 5 nitrogen and oxygen atoms in total. The van der Waals surface area contributed by atoms with E-state index in [-0.39, 0.29) is 27.6 Å². The Bertz CT molecular complexity index is 664. The van der Waals surface area contributed by atoms with Gasteiger partial charge < -0.3 is 4.74 Å². The van der Waals surface area contributed by atoms with Crippen molar-refractivity contribution in [1.82, 2.24) is 4.98 Å². The number of rotatable bonds is 4. The Balaban J connectivity index is 2.11. The van der Waals surface area contributed by atoms with E-state index in [9.17, 15) is 10.1 Å². The molecule has 0 aliphatic heterocycles. The van der Waals surface area contributed by atoms with Crippen LogP contribution >= 0.6 is 34.8 Å². The Labute approximate surface area is 129 Å². The van der Waals surface area contributed by atoms with Crippen molar-refractivity contribution in [2.45, 2.75) is 6.61 Å². The molecule has 20 heavy (non-hydrogen) atoms. The summed E-state index contributed by atoms with van der Waals surface area (Å²) in [7, 11) is 0. The SMILES string of the molecule is O=[N+]([O-])c1ccc(OCc2ccc(Cl)nc2Cl)cc1Cl. The van der Waals surface area contributed by atoms with Crippen molar-refractivity contribution in [3.05, 3.63) is 61.3 Å². The van der Waals surface area contributed by atoms with Crippen molar-refractivity contribution in [2.75, 3.05) is 0 Å². The lowest BCUT2D eigenvalue weighted by Gasteiger charge is -2.08. The van der Waals surface area contributed by atoms with Gasteiger partial charge in [-0.1, -0.05) is 34.8 Å². The van der Waals surface area contributed by atoms with Crippen LogP contribution in [0, 0.1) is 10.1 Å². The normalized spacial score (nSPS) is 10.3. The molecule has 8 heteroatoms. The number of hydrogen-bond donors (Lipinski definition) is 0. The molecule has 0 atom stereocenters. The van der Waals surface area contributed by atoms with Crippen LogP contribution in [-0.4, -0.2) is 9.91 Å². The zero-order valence-corrected chi connectivity index (χ0v) is 12.1. The first-order valence-corrected chi connectivity index (χ1v) is 6.48. The quantitative estimate of drug-likeness (QED) is 0.468. The fourth-order valence-electron chi connectivity index (χ4n) is 1.44. The molecule has 0 saturated heterocycles. The molecule has 0 saturated carbocycles. The molecule has 0 unspecified atom stereocenters. The number of pyridine rings is 1. The Hall–Kier alpha value is -1.56. The highest BCUT2D eigenvalue weighted by Crippen LogP contribution is 2.29. The van der Waals surface area contributed by atoms with Crippen molar-refractivity contribution >= 4 is 40.5 Å². The Morgan fingerprint density at radius 2 is 1.95 bits per heavy atom. The third kappa shape index (κ3) is 3.50. The summed E-state index contributed by atoms with van der Waals surface area (Å²) in [6.07, 6.45) is 0. The second-order valence-corrected chi connectivity index (χ2v) is 4.90. The van der Waals surface area contributed by atoms with Gasteiger partial charge in [0.2, 0.25) is 0 Å². The Morgan fingerprint density at radius 3 is 2.55 bits per heavy atom. The lowest BCUT2D eigenvalue weighted by molar-refractivity contribution is -0.384. The Morgan fingerprint density at radius 1 is 1.20 bits per heavy atom. The molecule has 1 aromatic heterocycles. The number of nitro benzene ring substituents is 1. The largest absolute Gasteiger partial charge is 0.489 e. The molecule has 0 spiro atoms. The van der Waals surface area contributed by atoms with E-state index >= 15 is 0 Å². The van der Waals surface area contributed by atoms with Crippen LogP contribution in [0.25, 0.3) is 0 Å². The van der Waals surface area contributed by atoms with E-state index in [0.29, 0.717) is 11.3 Å². The van der Waals surface area contributed by atoms with Crippen LogP contribution in [0.5, 0.6) is 5.75 Å². The van der Waals surface area contributed by atoms with E-state index in [1.54, 1.807) is 12.1 Å². The number of benzene rings is 1. The highest BCUT2D eigenvalue weighted by Gasteiger charge is 2.13. The number of halogens is 3. The maximum Gasteiger partial charge on any atom is 0.288 e. The highest BCUT2D eigenvalue weighted by molar-refractivity contribution is 6.33. The summed E-state index contributed by atoms with van der Waals surface area (Å²) in [6, 6.07) is 7.39. The van der Waals surface area contributed by atoms with Gasteiger partial charge in [-0.2, -0.15) is 0 Å². The molecule has 0 fully saturated rings. The minimum Gasteiger partial charge on any atom is -0.489 e. The van der Waals surface area contributed by atoms with Crippen LogP contribution in [0.2, 0.25) is 15.3 Å². The molecule has 2 rings (SSSR count). The third-order valence-corrected chi connectivity index (χ3v) is 3.24. The zero-order chi connectivity index (χ0) is 14.7. The smallest absolute Gasteiger partial charge is 0.288 e. The van der Waals surface area contributed by atoms with Gasteiger partial charge in [0.05, 0.1) is 4.92 Å². The van der Waals surface area contributed by atoms with Crippen LogP contribution in [0.3, 0.4) is 0 Å². The first-order valence-electron chi connectivity index (χ1n) is 5.35. The monoisotopic (exact) mass is 332 g/mol.